The van der Waals surface area contributed by atoms with E-state index in [9.17, 15) is 5.11 Å². The van der Waals surface area contributed by atoms with Gasteiger partial charge in [0.2, 0.25) is 0 Å². The summed E-state index contributed by atoms with van der Waals surface area (Å²) in [6.07, 6.45) is 7.93. The van der Waals surface area contributed by atoms with Crippen LogP contribution in [-0.2, 0) is 16.4 Å². The number of phenolic OH excluding ortho intramolecular Hbond substituents is 1. The van der Waals surface area contributed by atoms with E-state index in [0.717, 1.165) is 12.0 Å². The Bertz CT molecular complexity index is 652. The third kappa shape index (κ3) is 3.39. The maximum atomic E-state index is 9.91. The molecular formula is C17H26NO5P. The van der Waals surface area contributed by atoms with Gasteiger partial charge in [0, 0.05) is 11.5 Å². The van der Waals surface area contributed by atoms with E-state index in [-0.39, 0.29) is 0 Å². The standard InChI is InChI=1S/C17H23NO.H3O4P/c1-18-9-8-17-7-3-2-4-14(17)16(18)10-12-5-6-13(19)11-15(12)17;1-5(2,3)4/h5-6,11,14,16,19H,2-4,7-10H2,1H3;(H3,1,2,3,4)/t14-,16-,17+;/m0./s1. The monoisotopic (exact) mass is 355 g/mol. The summed E-state index contributed by atoms with van der Waals surface area (Å²) in [6, 6.07) is 6.85. The molecular weight excluding hydrogens is 329 g/mol. The van der Waals surface area contributed by atoms with Crippen molar-refractivity contribution in [3.63, 3.8) is 0 Å². The summed E-state index contributed by atoms with van der Waals surface area (Å²) in [5.74, 6) is 1.27. The van der Waals surface area contributed by atoms with E-state index in [1.54, 1.807) is 0 Å². The van der Waals surface area contributed by atoms with Gasteiger partial charge >= 0.3 is 7.82 Å². The van der Waals surface area contributed by atoms with Crippen molar-refractivity contribution in [2.45, 2.75) is 50.0 Å². The van der Waals surface area contributed by atoms with E-state index in [1.165, 1.54) is 56.2 Å². The van der Waals surface area contributed by atoms with Crippen LogP contribution in [0.15, 0.2) is 18.2 Å². The molecule has 6 nitrogen and oxygen atoms in total. The molecule has 1 saturated heterocycles. The average molecular weight is 355 g/mol. The van der Waals surface area contributed by atoms with E-state index in [0.29, 0.717) is 11.2 Å². The van der Waals surface area contributed by atoms with Crippen molar-refractivity contribution in [3.05, 3.63) is 29.3 Å². The van der Waals surface area contributed by atoms with Crippen LogP contribution in [0.25, 0.3) is 0 Å². The minimum Gasteiger partial charge on any atom is -0.508 e. The van der Waals surface area contributed by atoms with Gasteiger partial charge < -0.3 is 24.7 Å². The Balaban J connectivity index is 0.000000300. The molecule has 2 fully saturated rings. The second kappa shape index (κ2) is 6.43. The molecule has 1 heterocycles. The number of likely N-dealkylation sites (N-methyl/N-ethyl adjacent to an activating group) is 1. The van der Waals surface area contributed by atoms with Crippen molar-refractivity contribution in [1.82, 2.24) is 4.90 Å². The Labute approximate surface area is 142 Å². The molecule has 1 aromatic carbocycles. The van der Waals surface area contributed by atoms with Crippen LogP contribution in [0.2, 0.25) is 0 Å². The molecule has 3 atom stereocenters. The van der Waals surface area contributed by atoms with Crippen molar-refractivity contribution >= 4 is 7.82 Å². The van der Waals surface area contributed by atoms with E-state index in [2.05, 4.69) is 24.1 Å². The minimum absolute atomic E-state index is 0.377. The van der Waals surface area contributed by atoms with Gasteiger partial charge in [0.1, 0.15) is 5.75 Å². The molecule has 1 saturated carbocycles. The maximum absolute atomic E-state index is 9.91. The number of nitrogens with zero attached hydrogens (tertiary/aromatic N) is 1. The molecule has 0 aromatic heterocycles. The molecule has 0 unspecified atom stereocenters. The molecule has 1 aliphatic heterocycles. The number of piperidine rings is 1. The van der Waals surface area contributed by atoms with Crippen LogP contribution in [0.4, 0.5) is 0 Å². The van der Waals surface area contributed by atoms with E-state index < -0.39 is 7.82 Å². The minimum atomic E-state index is -4.64. The van der Waals surface area contributed by atoms with E-state index >= 15 is 0 Å². The summed E-state index contributed by atoms with van der Waals surface area (Å²) < 4.78 is 8.88. The number of rotatable bonds is 0. The lowest BCUT2D eigenvalue weighted by molar-refractivity contribution is 0.00274. The van der Waals surface area contributed by atoms with Gasteiger partial charge in [-0.15, -0.1) is 0 Å². The summed E-state index contributed by atoms with van der Waals surface area (Å²) in [4.78, 5) is 24.1. The second-order valence-corrected chi connectivity index (χ2v) is 8.39. The maximum Gasteiger partial charge on any atom is 0.466 e. The molecule has 2 aliphatic carbocycles. The van der Waals surface area contributed by atoms with E-state index in [1.807, 2.05) is 6.07 Å². The fourth-order valence-electron chi connectivity index (χ4n) is 5.18. The van der Waals surface area contributed by atoms with Gasteiger partial charge in [-0.05, 0) is 68.5 Å². The Morgan fingerprint density at radius 2 is 1.92 bits per heavy atom. The molecule has 0 amide bonds. The largest absolute Gasteiger partial charge is 0.508 e. The first-order valence-corrected chi connectivity index (χ1v) is 10.1. The number of likely N-dealkylation sites (tertiary alicyclic amines) is 1. The summed E-state index contributed by atoms with van der Waals surface area (Å²) in [7, 11) is -2.34. The average Bonchev–Trinajstić information content (AvgIpc) is 2.50. The third-order valence-corrected chi connectivity index (χ3v) is 6.10. The first-order valence-electron chi connectivity index (χ1n) is 8.52. The SMILES string of the molecule is CN1CC[C@]23CCCC[C@H]2[C@@H]1Cc1ccc(O)cc13.O=P(O)(O)O. The van der Waals surface area contributed by atoms with Gasteiger partial charge in [0.25, 0.3) is 0 Å². The molecule has 1 aromatic rings. The highest BCUT2D eigenvalue weighted by Crippen LogP contribution is 2.55. The summed E-state index contributed by atoms with van der Waals surface area (Å²) in [5, 5.41) is 9.91. The number of hydrogen-bond donors (Lipinski definition) is 4. The van der Waals surface area contributed by atoms with Gasteiger partial charge in [-0.2, -0.15) is 0 Å². The topological polar surface area (TPSA) is 101 Å². The number of phenols is 1. The lowest BCUT2D eigenvalue weighted by atomic mass is 9.52. The number of fused-ring (bicyclic) bond motifs is 1. The van der Waals surface area contributed by atoms with Crippen molar-refractivity contribution in [3.8, 4) is 5.75 Å². The Kier molecular flexibility index (Phi) is 4.80. The molecule has 3 aliphatic rings. The van der Waals surface area contributed by atoms with Gasteiger partial charge in [0.05, 0.1) is 0 Å². The number of benzene rings is 1. The highest BCUT2D eigenvalue weighted by atomic mass is 31.2. The first kappa shape index (κ1) is 17.9. The second-order valence-electron chi connectivity index (χ2n) is 7.37. The van der Waals surface area contributed by atoms with Crippen LogP contribution in [0.5, 0.6) is 5.75 Å². The zero-order valence-electron chi connectivity index (χ0n) is 13.9. The molecule has 0 spiro atoms. The molecule has 7 heteroatoms. The van der Waals surface area contributed by atoms with Crippen molar-refractivity contribution < 1.29 is 24.4 Å². The van der Waals surface area contributed by atoms with Crippen LogP contribution in [0, 0.1) is 5.92 Å². The van der Waals surface area contributed by atoms with Crippen LogP contribution < -0.4 is 0 Å². The highest BCUT2D eigenvalue weighted by Gasteiger charge is 2.52. The normalized spacial score (nSPS) is 32.2. The summed E-state index contributed by atoms with van der Waals surface area (Å²) in [6.45, 7) is 1.22. The predicted molar refractivity (Wildman–Crippen MR) is 90.7 cm³/mol. The van der Waals surface area contributed by atoms with Crippen LogP contribution in [0.1, 0.15) is 43.2 Å². The van der Waals surface area contributed by atoms with Gasteiger partial charge in [0.15, 0.2) is 0 Å². The molecule has 4 rings (SSSR count). The number of hydrogen-bond acceptors (Lipinski definition) is 3. The molecule has 2 bridgehead atoms. The highest BCUT2D eigenvalue weighted by molar-refractivity contribution is 7.45. The van der Waals surface area contributed by atoms with Crippen LogP contribution >= 0.6 is 7.82 Å². The van der Waals surface area contributed by atoms with Crippen LogP contribution in [-0.4, -0.2) is 44.3 Å². The Morgan fingerprint density at radius 1 is 1.21 bits per heavy atom. The molecule has 0 radical (unpaired) electrons. The zero-order chi connectivity index (χ0) is 17.5. The van der Waals surface area contributed by atoms with Crippen molar-refractivity contribution in [1.29, 1.82) is 0 Å². The van der Waals surface area contributed by atoms with Gasteiger partial charge in [-0.25, -0.2) is 4.57 Å². The van der Waals surface area contributed by atoms with Gasteiger partial charge in [-0.3, -0.25) is 0 Å². The summed E-state index contributed by atoms with van der Waals surface area (Å²) >= 11 is 0. The first-order chi connectivity index (χ1) is 11.2. The molecule has 4 N–H and O–H groups in total. The molecule has 24 heavy (non-hydrogen) atoms. The Morgan fingerprint density at radius 3 is 2.62 bits per heavy atom. The number of aromatic hydroxyl groups is 1. The fourth-order valence-corrected chi connectivity index (χ4v) is 5.18. The summed E-state index contributed by atoms with van der Waals surface area (Å²) in [5.41, 5.74) is 3.36. The van der Waals surface area contributed by atoms with Crippen molar-refractivity contribution in [2.24, 2.45) is 5.92 Å². The molecule has 134 valence electrons. The third-order valence-electron chi connectivity index (χ3n) is 6.10. The lowest BCUT2D eigenvalue weighted by Crippen LogP contribution is -2.59. The Hall–Kier alpha value is -0.910. The fraction of sp³-hybridized carbons (Fsp3) is 0.647. The van der Waals surface area contributed by atoms with Crippen LogP contribution in [0.3, 0.4) is 0 Å². The predicted octanol–water partition coefficient (Wildman–Crippen LogP) is 2.15. The zero-order valence-corrected chi connectivity index (χ0v) is 14.8. The van der Waals surface area contributed by atoms with Crippen molar-refractivity contribution in [2.75, 3.05) is 13.6 Å². The smallest absolute Gasteiger partial charge is 0.466 e. The quantitative estimate of drug-likeness (QED) is 0.532. The van der Waals surface area contributed by atoms with Gasteiger partial charge in [-0.1, -0.05) is 18.9 Å². The van der Waals surface area contributed by atoms with E-state index in [4.69, 9.17) is 19.2 Å². The lowest BCUT2D eigenvalue weighted by Gasteiger charge is -2.58. The number of phosphoric acid groups is 1.